The number of amides is 1. The van der Waals surface area contributed by atoms with Crippen LogP contribution in [0.25, 0.3) is 22.4 Å². The predicted molar refractivity (Wildman–Crippen MR) is 189 cm³/mol. The van der Waals surface area contributed by atoms with Crippen molar-refractivity contribution in [3.8, 4) is 28.1 Å². The normalized spacial score (nSPS) is 17.6. The minimum atomic E-state index is -0.926. The molecule has 0 bridgehead atoms. The van der Waals surface area contributed by atoms with Crippen LogP contribution in [0.5, 0.6) is 5.75 Å². The molecule has 1 saturated heterocycles. The third kappa shape index (κ3) is 8.77. The second-order valence-electron chi connectivity index (χ2n) is 14.3. The highest BCUT2D eigenvalue weighted by molar-refractivity contribution is 6.13. The molecule has 9 heteroatoms. The number of ether oxygens (including phenoxy) is 3. The van der Waals surface area contributed by atoms with E-state index in [9.17, 15) is 19.1 Å². The van der Waals surface area contributed by atoms with Crippen molar-refractivity contribution in [2.24, 2.45) is 0 Å². The van der Waals surface area contributed by atoms with Crippen molar-refractivity contribution >= 4 is 17.6 Å². The van der Waals surface area contributed by atoms with Crippen LogP contribution in [-0.4, -0.2) is 45.1 Å². The molecule has 2 heterocycles. The van der Waals surface area contributed by atoms with Gasteiger partial charge in [-0.3, -0.25) is 9.59 Å². The number of carbonyl (C=O) groups excluding carboxylic acids is 2. The molecule has 1 fully saturated rings. The predicted octanol–water partition coefficient (Wildman–Crippen LogP) is 9.07. The Bertz CT molecular complexity index is 1770. The summed E-state index contributed by atoms with van der Waals surface area (Å²) in [6.07, 6.45) is 0.484. The van der Waals surface area contributed by atoms with E-state index in [1.165, 1.54) is 18.2 Å². The molecule has 1 amide bonds. The van der Waals surface area contributed by atoms with Crippen LogP contribution in [0, 0.1) is 5.82 Å². The standard InChI is InChI=1S/C40H47FN2O6/c1-25(2)36-35(38(46)42-31-15-11-12-16-32(31)44)34(26-13-9-8-10-14-26)37(27-17-19-28(41)20-18-27)43(36)22-21-29-23-30(48-40(6,7)47-29)24-33(45)49-39(3,4)5/h8-20,25,29-30,44H,21-24H2,1-7H3,(H,42,46). The summed E-state index contributed by atoms with van der Waals surface area (Å²) in [6, 6.07) is 22.6. The molecule has 1 aromatic heterocycles. The number of benzene rings is 3. The quantitative estimate of drug-likeness (QED) is 0.129. The second-order valence-corrected chi connectivity index (χ2v) is 14.3. The summed E-state index contributed by atoms with van der Waals surface area (Å²) in [7, 11) is 0. The largest absolute Gasteiger partial charge is 0.506 e. The monoisotopic (exact) mass is 670 g/mol. The van der Waals surface area contributed by atoms with Crippen LogP contribution in [0.3, 0.4) is 0 Å². The Labute approximate surface area is 288 Å². The molecule has 0 spiro atoms. The maximum Gasteiger partial charge on any atom is 0.308 e. The second kappa shape index (κ2) is 14.6. The van der Waals surface area contributed by atoms with Crippen LogP contribution in [0.1, 0.15) is 89.7 Å². The number of carbonyl (C=O) groups is 2. The third-order valence-corrected chi connectivity index (χ3v) is 8.33. The topological polar surface area (TPSA) is 99.0 Å². The maximum atomic E-state index is 14.4. The van der Waals surface area contributed by atoms with Gasteiger partial charge in [-0.05, 0) is 94.5 Å². The van der Waals surface area contributed by atoms with Crippen molar-refractivity contribution in [1.29, 1.82) is 0 Å². The van der Waals surface area contributed by atoms with Crippen LogP contribution < -0.4 is 5.32 Å². The highest BCUT2D eigenvalue weighted by Gasteiger charge is 2.38. The Hall–Kier alpha value is -4.47. The number of aromatic hydroxyl groups is 1. The van der Waals surface area contributed by atoms with Gasteiger partial charge in [0.2, 0.25) is 0 Å². The van der Waals surface area contributed by atoms with E-state index in [1.807, 2.05) is 78.8 Å². The highest BCUT2D eigenvalue weighted by atomic mass is 19.1. The first kappa shape index (κ1) is 35.8. The average molecular weight is 671 g/mol. The van der Waals surface area contributed by atoms with Gasteiger partial charge < -0.3 is 29.2 Å². The molecular weight excluding hydrogens is 623 g/mol. The number of aromatic nitrogens is 1. The summed E-state index contributed by atoms with van der Waals surface area (Å²) in [6.45, 7) is 13.7. The van der Waals surface area contributed by atoms with E-state index in [1.54, 1.807) is 30.3 Å². The highest BCUT2D eigenvalue weighted by Crippen LogP contribution is 2.43. The van der Waals surface area contributed by atoms with Gasteiger partial charge in [0, 0.05) is 24.2 Å². The first-order valence-electron chi connectivity index (χ1n) is 16.9. The van der Waals surface area contributed by atoms with Gasteiger partial charge in [0.05, 0.1) is 35.6 Å². The number of phenols is 1. The molecule has 1 aliphatic rings. The van der Waals surface area contributed by atoms with Gasteiger partial charge >= 0.3 is 5.97 Å². The summed E-state index contributed by atoms with van der Waals surface area (Å²) in [5.74, 6) is -2.13. The molecular formula is C40H47FN2O6. The maximum absolute atomic E-state index is 14.4. The zero-order valence-electron chi connectivity index (χ0n) is 29.4. The van der Waals surface area contributed by atoms with E-state index in [-0.39, 0.29) is 41.9 Å². The van der Waals surface area contributed by atoms with Crippen molar-refractivity contribution in [3.05, 3.63) is 95.9 Å². The lowest BCUT2D eigenvalue weighted by Crippen LogP contribution is -2.46. The van der Waals surface area contributed by atoms with E-state index in [0.717, 1.165) is 22.5 Å². The van der Waals surface area contributed by atoms with Gasteiger partial charge in [0.15, 0.2) is 5.79 Å². The molecule has 49 heavy (non-hydrogen) atoms. The molecule has 5 rings (SSSR count). The van der Waals surface area contributed by atoms with Crippen molar-refractivity contribution in [2.75, 3.05) is 5.32 Å². The van der Waals surface area contributed by atoms with Crippen LogP contribution >= 0.6 is 0 Å². The number of esters is 1. The lowest BCUT2D eigenvalue weighted by Gasteiger charge is -2.41. The Balaban J connectivity index is 1.60. The molecule has 8 nitrogen and oxygen atoms in total. The Morgan fingerprint density at radius 2 is 1.59 bits per heavy atom. The Morgan fingerprint density at radius 1 is 0.959 bits per heavy atom. The van der Waals surface area contributed by atoms with Gasteiger partial charge in [-0.15, -0.1) is 0 Å². The number of hydrogen-bond donors (Lipinski definition) is 2. The summed E-state index contributed by atoms with van der Waals surface area (Å²) in [4.78, 5) is 27.1. The van der Waals surface area contributed by atoms with Crippen LogP contribution in [0.4, 0.5) is 10.1 Å². The van der Waals surface area contributed by atoms with Crippen LogP contribution in [0.15, 0.2) is 78.9 Å². The first-order chi connectivity index (χ1) is 23.1. The molecule has 0 saturated carbocycles. The lowest BCUT2D eigenvalue weighted by molar-refractivity contribution is -0.301. The van der Waals surface area contributed by atoms with Crippen LogP contribution in [-0.2, 0) is 25.5 Å². The number of rotatable bonds is 10. The minimum absolute atomic E-state index is 0.0402. The van der Waals surface area contributed by atoms with E-state index >= 15 is 0 Å². The van der Waals surface area contributed by atoms with E-state index in [4.69, 9.17) is 14.2 Å². The number of phenolic OH excluding ortho intramolecular Hbond substituents is 1. The van der Waals surface area contributed by atoms with E-state index in [2.05, 4.69) is 9.88 Å². The summed E-state index contributed by atoms with van der Waals surface area (Å²) in [5, 5.41) is 13.5. The van der Waals surface area contributed by atoms with Gasteiger partial charge in [0.25, 0.3) is 5.91 Å². The summed E-state index contributed by atoms with van der Waals surface area (Å²) >= 11 is 0. The third-order valence-electron chi connectivity index (χ3n) is 8.33. The fourth-order valence-electron chi connectivity index (χ4n) is 6.62. The van der Waals surface area contributed by atoms with E-state index in [0.29, 0.717) is 36.2 Å². The smallest absolute Gasteiger partial charge is 0.308 e. The van der Waals surface area contributed by atoms with E-state index < -0.39 is 17.5 Å². The molecule has 2 unspecified atom stereocenters. The molecule has 2 N–H and O–H groups in total. The molecule has 2 atom stereocenters. The van der Waals surface area contributed by atoms with Gasteiger partial charge in [0.1, 0.15) is 17.2 Å². The number of nitrogens with one attached hydrogen (secondary N) is 1. The number of halogens is 1. The summed E-state index contributed by atoms with van der Waals surface area (Å²) < 4.78 is 34.5. The Morgan fingerprint density at radius 3 is 2.22 bits per heavy atom. The number of anilines is 1. The molecule has 4 aromatic rings. The molecule has 3 aromatic carbocycles. The minimum Gasteiger partial charge on any atom is -0.506 e. The number of para-hydroxylation sites is 2. The van der Waals surface area contributed by atoms with Crippen LogP contribution in [0.2, 0.25) is 0 Å². The number of hydrogen-bond acceptors (Lipinski definition) is 6. The Kier molecular flexibility index (Phi) is 10.6. The molecule has 0 radical (unpaired) electrons. The first-order valence-corrected chi connectivity index (χ1v) is 16.9. The SMILES string of the molecule is CC(C)c1c(C(=O)Nc2ccccc2O)c(-c2ccccc2)c(-c2ccc(F)cc2)n1CCC1CC(CC(=O)OC(C)(C)C)OC(C)(C)O1. The number of nitrogens with zero attached hydrogens (tertiary/aromatic N) is 1. The fraction of sp³-hybridized carbons (Fsp3) is 0.400. The lowest BCUT2D eigenvalue weighted by atomic mass is 9.94. The van der Waals surface area contributed by atoms with Crippen molar-refractivity contribution in [1.82, 2.24) is 4.57 Å². The van der Waals surface area contributed by atoms with Gasteiger partial charge in [-0.25, -0.2) is 4.39 Å². The fourth-order valence-corrected chi connectivity index (χ4v) is 6.62. The molecule has 0 aliphatic carbocycles. The van der Waals surface area contributed by atoms with Crippen molar-refractivity contribution in [3.63, 3.8) is 0 Å². The van der Waals surface area contributed by atoms with Crippen molar-refractivity contribution < 1.29 is 33.3 Å². The van der Waals surface area contributed by atoms with Gasteiger partial charge in [-0.2, -0.15) is 0 Å². The molecule has 1 aliphatic heterocycles. The molecule has 260 valence electrons. The van der Waals surface area contributed by atoms with Gasteiger partial charge in [-0.1, -0.05) is 56.3 Å². The summed E-state index contributed by atoms with van der Waals surface area (Å²) in [5.41, 5.74) is 4.02. The average Bonchev–Trinajstić information content (AvgIpc) is 3.36. The zero-order chi connectivity index (χ0) is 35.5. The van der Waals surface area contributed by atoms with Crippen molar-refractivity contribution in [2.45, 2.75) is 104 Å². The zero-order valence-corrected chi connectivity index (χ0v) is 29.4.